The molecule has 0 spiro atoms. The van der Waals surface area contributed by atoms with Crippen molar-refractivity contribution >= 4 is 22.4 Å². The Labute approximate surface area is 127 Å². The van der Waals surface area contributed by atoms with Crippen LogP contribution in [0.5, 0.6) is 0 Å². The average molecular weight is 328 g/mol. The topological polar surface area (TPSA) is 59.2 Å². The number of halogens is 3. The third-order valence-corrected chi connectivity index (χ3v) is 4.16. The van der Waals surface area contributed by atoms with Crippen molar-refractivity contribution < 1.29 is 22.7 Å². The van der Waals surface area contributed by atoms with E-state index in [0.29, 0.717) is 5.69 Å². The van der Waals surface area contributed by atoms with Crippen LogP contribution in [0.25, 0.3) is 11.1 Å². The van der Waals surface area contributed by atoms with Crippen LogP contribution in [-0.4, -0.2) is 21.3 Å². The van der Waals surface area contributed by atoms with Crippen molar-refractivity contribution in [3.63, 3.8) is 0 Å². The molecule has 4 nitrogen and oxygen atoms in total. The standard InChI is InChI=1S/C14H11F3N2O2S/c1-8-7-22-11(18-8)6-13(20,14(15,16)17)12-19-9-4-2-3-5-10(9)21-12/h2-5,7,20H,6H2,1H3. The maximum atomic E-state index is 13.4. The van der Waals surface area contributed by atoms with Gasteiger partial charge in [0, 0.05) is 17.5 Å². The molecule has 22 heavy (non-hydrogen) atoms. The normalized spacial score (nSPS) is 15.1. The van der Waals surface area contributed by atoms with Gasteiger partial charge in [-0.1, -0.05) is 12.1 Å². The molecule has 116 valence electrons. The average Bonchev–Trinajstić information content (AvgIpc) is 3.03. The zero-order valence-corrected chi connectivity index (χ0v) is 12.2. The number of thiazole rings is 1. The van der Waals surface area contributed by atoms with Gasteiger partial charge in [0.1, 0.15) is 5.52 Å². The molecule has 2 aromatic heterocycles. The van der Waals surface area contributed by atoms with Crippen LogP contribution in [0, 0.1) is 6.92 Å². The summed E-state index contributed by atoms with van der Waals surface area (Å²) in [4.78, 5) is 7.77. The summed E-state index contributed by atoms with van der Waals surface area (Å²) in [6.07, 6.45) is -5.67. The van der Waals surface area contributed by atoms with Crippen molar-refractivity contribution in [2.75, 3.05) is 0 Å². The highest BCUT2D eigenvalue weighted by Gasteiger charge is 2.59. The summed E-state index contributed by atoms with van der Waals surface area (Å²) in [5, 5.41) is 12.1. The second-order valence-corrected chi connectivity index (χ2v) is 5.85. The Balaban J connectivity index is 2.09. The number of nitrogens with zero attached hydrogens (tertiary/aromatic N) is 2. The molecule has 1 aromatic carbocycles. The van der Waals surface area contributed by atoms with Crippen molar-refractivity contribution in [1.29, 1.82) is 0 Å². The first kappa shape index (κ1) is 15.0. The van der Waals surface area contributed by atoms with Crippen molar-refractivity contribution in [2.45, 2.75) is 25.1 Å². The number of rotatable bonds is 3. The van der Waals surface area contributed by atoms with Crippen LogP contribution in [0.3, 0.4) is 0 Å². The monoisotopic (exact) mass is 328 g/mol. The molecule has 0 saturated heterocycles. The van der Waals surface area contributed by atoms with Crippen LogP contribution >= 0.6 is 11.3 Å². The molecule has 0 saturated carbocycles. The maximum Gasteiger partial charge on any atom is 0.426 e. The lowest BCUT2D eigenvalue weighted by molar-refractivity contribution is -0.273. The van der Waals surface area contributed by atoms with Crippen molar-refractivity contribution in [3.05, 3.63) is 46.2 Å². The van der Waals surface area contributed by atoms with E-state index in [0.717, 1.165) is 11.3 Å². The van der Waals surface area contributed by atoms with E-state index in [2.05, 4.69) is 9.97 Å². The van der Waals surface area contributed by atoms with Gasteiger partial charge in [-0.25, -0.2) is 9.97 Å². The number of aryl methyl sites for hydroxylation is 1. The molecule has 0 radical (unpaired) electrons. The summed E-state index contributed by atoms with van der Waals surface area (Å²) in [5.74, 6) is -0.769. The van der Waals surface area contributed by atoms with Gasteiger partial charge in [-0.3, -0.25) is 0 Å². The van der Waals surface area contributed by atoms with Crippen LogP contribution in [0.1, 0.15) is 16.6 Å². The molecule has 0 aliphatic rings. The SMILES string of the molecule is Cc1csc(CC(O)(c2nc3ccccc3o2)C(F)(F)F)n1. The number of hydrogen-bond acceptors (Lipinski definition) is 5. The van der Waals surface area contributed by atoms with Crippen LogP contribution < -0.4 is 0 Å². The van der Waals surface area contributed by atoms with E-state index in [4.69, 9.17) is 4.42 Å². The Morgan fingerprint density at radius 2 is 1.95 bits per heavy atom. The van der Waals surface area contributed by atoms with Gasteiger partial charge in [0.15, 0.2) is 5.58 Å². The van der Waals surface area contributed by atoms with Gasteiger partial charge < -0.3 is 9.52 Å². The third kappa shape index (κ3) is 2.48. The van der Waals surface area contributed by atoms with E-state index in [1.54, 1.807) is 24.4 Å². The molecule has 0 aliphatic heterocycles. The highest BCUT2D eigenvalue weighted by molar-refractivity contribution is 7.09. The summed E-state index contributed by atoms with van der Waals surface area (Å²) in [5.41, 5.74) is -2.16. The Morgan fingerprint density at radius 3 is 2.55 bits per heavy atom. The van der Waals surface area contributed by atoms with E-state index in [1.807, 2.05) is 0 Å². The van der Waals surface area contributed by atoms with Crippen molar-refractivity contribution in [2.24, 2.45) is 0 Å². The molecule has 2 heterocycles. The molecule has 8 heteroatoms. The molecule has 0 fully saturated rings. The number of fused-ring (bicyclic) bond motifs is 1. The number of aromatic nitrogens is 2. The Morgan fingerprint density at radius 1 is 1.23 bits per heavy atom. The van der Waals surface area contributed by atoms with Gasteiger partial charge in [0.2, 0.25) is 11.5 Å². The lowest BCUT2D eigenvalue weighted by atomic mass is 9.99. The largest absolute Gasteiger partial charge is 0.437 e. The molecular weight excluding hydrogens is 317 g/mol. The fourth-order valence-corrected chi connectivity index (χ4v) is 2.90. The van der Waals surface area contributed by atoms with E-state index in [9.17, 15) is 18.3 Å². The third-order valence-electron chi connectivity index (χ3n) is 3.19. The minimum absolute atomic E-state index is 0.166. The fraction of sp³-hybridized carbons (Fsp3) is 0.286. The predicted octanol–water partition coefficient (Wildman–Crippen LogP) is 3.59. The Hall–Kier alpha value is -1.93. The number of hydrogen-bond donors (Lipinski definition) is 1. The Bertz CT molecular complexity index is 779. The number of alkyl halides is 3. The first-order valence-corrected chi connectivity index (χ1v) is 7.24. The lowest BCUT2D eigenvalue weighted by Crippen LogP contribution is -2.44. The molecule has 1 unspecified atom stereocenters. The van der Waals surface area contributed by atoms with Crippen molar-refractivity contribution in [3.8, 4) is 0 Å². The summed E-state index contributed by atoms with van der Waals surface area (Å²) >= 11 is 1.05. The fourth-order valence-electron chi connectivity index (χ4n) is 2.05. The van der Waals surface area contributed by atoms with E-state index in [-0.39, 0.29) is 16.1 Å². The predicted molar refractivity (Wildman–Crippen MR) is 74.5 cm³/mol. The zero-order valence-electron chi connectivity index (χ0n) is 11.4. The second kappa shape index (κ2) is 5.06. The molecule has 1 N–H and O–H groups in total. The second-order valence-electron chi connectivity index (χ2n) is 4.90. The quantitative estimate of drug-likeness (QED) is 0.798. The lowest BCUT2D eigenvalue weighted by Gasteiger charge is -2.26. The van der Waals surface area contributed by atoms with Gasteiger partial charge in [0.25, 0.3) is 0 Å². The van der Waals surface area contributed by atoms with Crippen LogP contribution in [0.2, 0.25) is 0 Å². The van der Waals surface area contributed by atoms with Gasteiger partial charge in [-0.05, 0) is 19.1 Å². The first-order valence-electron chi connectivity index (χ1n) is 6.36. The van der Waals surface area contributed by atoms with Gasteiger partial charge in [-0.15, -0.1) is 11.3 Å². The summed E-state index contributed by atoms with van der Waals surface area (Å²) in [6, 6.07) is 6.27. The molecule has 3 aromatic rings. The minimum Gasteiger partial charge on any atom is -0.437 e. The smallest absolute Gasteiger partial charge is 0.426 e. The minimum atomic E-state index is -4.94. The number of aliphatic hydroxyl groups is 1. The first-order chi connectivity index (χ1) is 10.3. The summed E-state index contributed by atoms with van der Waals surface area (Å²) in [6.45, 7) is 1.67. The molecule has 0 aliphatic carbocycles. The van der Waals surface area contributed by atoms with Crippen LogP contribution in [-0.2, 0) is 12.0 Å². The number of benzene rings is 1. The highest BCUT2D eigenvalue weighted by Crippen LogP contribution is 2.42. The molecule has 3 rings (SSSR count). The van der Waals surface area contributed by atoms with E-state index in [1.165, 1.54) is 12.1 Å². The zero-order chi connectivity index (χ0) is 16.0. The number of oxazole rings is 1. The van der Waals surface area contributed by atoms with E-state index >= 15 is 0 Å². The number of para-hydroxylation sites is 2. The maximum absolute atomic E-state index is 13.4. The van der Waals surface area contributed by atoms with Gasteiger partial charge >= 0.3 is 6.18 Å². The highest BCUT2D eigenvalue weighted by atomic mass is 32.1. The van der Waals surface area contributed by atoms with Crippen molar-refractivity contribution in [1.82, 2.24) is 9.97 Å². The summed E-state index contributed by atoms with van der Waals surface area (Å²) in [7, 11) is 0. The van der Waals surface area contributed by atoms with Gasteiger partial charge in [-0.2, -0.15) is 13.2 Å². The molecular formula is C14H11F3N2O2S. The van der Waals surface area contributed by atoms with E-state index < -0.39 is 24.1 Å². The molecule has 1 atom stereocenters. The van der Waals surface area contributed by atoms with Crippen LogP contribution in [0.4, 0.5) is 13.2 Å². The molecule has 0 amide bonds. The molecule has 0 bridgehead atoms. The summed E-state index contributed by atoms with van der Waals surface area (Å²) < 4.78 is 45.4. The van der Waals surface area contributed by atoms with Crippen LogP contribution in [0.15, 0.2) is 34.1 Å². The Kier molecular flexibility index (Phi) is 3.45. The van der Waals surface area contributed by atoms with Gasteiger partial charge in [0.05, 0.1) is 5.01 Å².